The molecule has 0 aliphatic carbocycles. The van der Waals surface area contributed by atoms with Crippen molar-refractivity contribution in [1.29, 1.82) is 0 Å². The Bertz CT molecular complexity index is 1610. The molecule has 5 amide bonds. The maximum absolute atomic E-state index is 13.6. The zero-order valence-corrected chi connectivity index (χ0v) is 28.5. The van der Waals surface area contributed by atoms with Gasteiger partial charge in [-0.25, -0.2) is 0 Å². The highest BCUT2D eigenvalue weighted by Gasteiger charge is 2.30. The number of nitrogens with zero attached hydrogens (tertiary/aromatic N) is 4. The molecule has 0 spiro atoms. The molecule has 1 aromatic carbocycles. The van der Waals surface area contributed by atoms with Crippen LogP contribution in [0.15, 0.2) is 40.9 Å². The second kappa shape index (κ2) is 16.2. The van der Waals surface area contributed by atoms with E-state index in [2.05, 4.69) is 31.5 Å². The lowest BCUT2D eigenvalue weighted by atomic mass is 10.0. The van der Waals surface area contributed by atoms with Crippen LogP contribution in [0.5, 0.6) is 0 Å². The van der Waals surface area contributed by atoms with E-state index in [0.717, 1.165) is 22.5 Å². The minimum Gasteiger partial charge on any atom is -0.359 e. The van der Waals surface area contributed by atoms with Crippen molar-refractivity contribution in [1.82, 2.24) is 41.1 Å². The van der Waals surface area contributed by atoms with Gasteiger partial charge in [0.25, 0.3) is 5.91 Å². The monoisotopic (exact) mass is 662 g/mol. The summed E-state index contributed by atoms with van der Waals surface area (Å²) in [7, 11) is 1.86. The summed E-state index contributed by atoms with van der Waals surface area (Å²) in [6.45, 7) is 9.39. The Morgan fingerprint density at radius 3 is 2.38 bits per heavy atom. The topological polar surface area (TPSA) is 181 Å². The molecular weight excluding hydrogens is 616 g/mol. The molecule has 258 valence electrons. The molecule has 3 aromatic rings. The van der Waals surface area contributed by atoms with Crippen LogP contribution in [0.2, 0.25) is 0 Å². The lowest BCUT2D eigenvalue weighted by Gasteiger charge is -2.26. The predicted molar refractivity (Wildman–Crippen MR) is 176 cm³/mol. The average molecular weight is 663 g/mol. The van der Waals surface area contributed by atoms with Gasteiger partial charge in [-0.2, -0.15) is 5.10 Å². The van der Waals surface area contributed by atoms with E-state index in [1.165, 1.54) is 17.9 Å². The van der Waals surface area contributed by atoms with E-state index >= 15 is 0 Å². The van der Waals surface area contributed by atoms with Gasteiger partial charge in [0.2, 0.25) is 23.6 Å². The van der Waals surface area contributed by atoms with E-state index in [4.69, 9.17) is 4.52 Å². The standard InChI is InChI=1S/C34H46N8O6/c1-20(2)16-27-33(46)38-28(17-24-10-8-7-9-11-24)32(45)35-14-15-42(30(43)13-12-26-21(3)39-41(6)23(26)5)19-25-18-29(40-48-25)34(47)36-22(4)31(44)37-27/h7-11,18,20,22,27-28H,12-17,19H2,1-6H3,(H,35,45)(H,36,47)(H,37,44)(H,38,46)/t22-,27-,28-/m1/s1. The number of hydrogen-bond acceptors (Lipinski definition) is 8. The fourth-order valence-corrected chi connectivity index (χ4v) is 5.65. The molecule has 2 aromatic heterocycles. The van der Waals surface area contributed by atoms with E-state index in [-0.39, 0.29) is 55.8 Å². The Morgan fingerprint density at radius 2 is 1.71 bits per heavy atom. The molecule has 2 bridgehead atoms. The van der Waals surface area contributed by atoms with Crippen LogP contribution in [0.4, 0.5) is 0 Å². The van der Waals surface area contributed by atoms with Crippen molar-refractivity contribution in [2.75, 3.05) is 13.1 Å². The summed E-state index contributed by atoms with van der Waals surface area (Å²) in [6.07, 6.45) is 1.17. The molecule has 1 aliphatic heterocycles. The first-order chi connectivity index (χ1) is 22.8. The van der Waals surface area contributed by atoms with Crippen LogP contribution in [0.1, 0.15) is 72.4 Å². The molecule has 3 atom stereocenters. The van der Waals surface area contributed by atoms with Crippen LogP contribution in [0.3, 0.4) is 0 Å². The molecule has 14 nitrogen and oxygen atoms in total. The zero-order valence-electron chi connectivity index (χ0n) is 28.5. The highest BCUT2D eigenvalue weighted by atomic mass is 16.5. The fourth-order valence-electron chi connectivity index (χ4n) is 5.65. The van der Waals surface area contributed by atoms with Crippen LogP contribution < -0.4 is 21.3 Å². The first kappa shape index (κ1) is 35.8. The minimum atomic E-state index is -1.01. The number of aryl methyl sites for hydroxylation is 2. The Kier molecular flexibility index (Phi) is 12.1. The number of benzene rings is 1. The third-order valence-corrected chi connectivity index (χ3v) is 8.42. The molecule has 0 radical (unpaired) electrons. The quantitative estimate of drug-likeness (QED) is 0.294. The normalized spacial score (nSPS) is 20.0. The number of aromatic nitrogens is 3. The maximum Gasteiger partial charge on any atom is 0.274 e. The average Bonchev–Trinajstić information content (AvgIpc) is 3.61. The molecule has 0 fully saturated rings. The molecule has 48 heavy (non-hydrogen) atoms. The Balaban J connectivity index is 1.61. The number of hydrogen-bond donors (Lipinski definition) is 4. The number of nitrogens with one attached hydrogen (secondary N) is 4. The van der Waals surface area contributed by atoms with Gasteiger partial charge in [-0.3, -0.25) is 28.7 Å². The molecule has 1 aliphatic rings. The zero-order chi connectivity index (χ0) is 35.0. The fraction of sp³-hybridized carbons (Fsp3) is 0.500. The maximum atomic E-state index is 13.6. The first-order valence-corrected chi connectivity index (χ1v) is 16.3. The molecule has 4 N–H and O–H groups in total. The number of amides is 5. The summed E-state index contributed by atoms with van der Waals surface area (Å²) in [5.74, 6) is -2.07. The largest absolute Gasteiger partial charge is 0.359 e. The number of carbonyl (C=O) groups is 5. The highest BCUT2D eigenvalue weighted by molar-refractivity contribution is 5.97. The van der Waals surface area contributed by atoms with Gasteiger partial charge in [0, 0.05) is 44.7 Å². The van der Waals surface area contributed by atoms with Gasteiger partial charge in [0.15, 0.2) is 11.5 Å². The summed E-state index contributed by atoms with van der Waals surface area (Å²) in [4.78, 5) is 68.4. The van der Waals surface area contributed by atoms with Crippen LogP contribution in [-0.4, -0.2) is 80.6 Å². The van der Waals surface area contributed by atoms with Crippen LogP contribution in [0, 0.1) is 19.8 Å². The van der Waals surface area contributed by atoms with Gasteiger partial charge in [-0.15, -0.1) is 0 Å². The third kappa shape index (κ3) is 9.52. The molecule has 3 heterocycles. The SMILES string of the molecule is Cc1nn(C)c(C)c1CCC(=O)N1CCNC(=O)[C@@H](Cc2ccccc2)NC(=O)[C@@H](CC(C)C)NC(=O)[C@@H](C)NC(=O)c2cc(on2)C1. The second-order valence-electron chi connectivity index (χ2n) is 12.7. The molecule has 0 saturated heterocycles. The first-order valence-electron chi connectivity index (χ1n) is 16.3. The van der Waals surface area contributed by atoms with Crippen molar-refractivity contribution in [2.24, 2.45) is 13.0 Å². The van der Waals surface area contributed by atoms with Crippen LogP contribution in [0.25, 0.3) is 0 Å². The van der Waals surface area contributed by atoms with E-state index in [0.29, 0.717) is 12.8 Å². The van der Waals surface area contributed by atoms with Crippen molar-refractivity contribution in [3.63, 3.8) is 0 Å². The Morgan fingerprint density at radius 1 is 1.00 bits per heavy atom. The van der Waals surface area contributed by atoms with Crippen molar-refractivity contribution in [3.05, 3.63) is 70.4 Å². The second-order valence-corrected chi connectivity index (χ2v) is 12.7. The molecule has 14 heteroatoms. The number of fused-ring (bicyclic) bond motifs is 2. The Labute approximate surface area is 280 Å². The van der Waals surface area contributed by atoms with E-state index in [1.807, 2.05) is 65.1 Å². The minimum absolute atomic E-state index is 0.00289. The van der Waals surface area contributed by atoms with E-state index < -0.39 is 41.8 Å². The summed E-state index contributed by atoms with van der Waals surface area (Å²) < 4.78 is 7.20. The number of rotatable bonds is 7. The summed E-state index contributed by atoms with van der Waals surface area (Å²) >= 11 is 0. The van der Waals surface area contributed by atoms with Gasteiger partial charge >= 0.3 is 0 Å². The van der Waals surface area contributed by atoms with Gasteiger partial charge in [-0.05, 0) is 50.7 Å². The summed E-state index contributed by atoms with van der Waals surface area (Å²) in [5.41, 5.74) is 3.59. The highest BCUT2D eigenvalue weighted by Crippen LogP contribution is 2.16. The van der Waals surface area contributed by atoms with Crippen molar-refractivity contribution >= 4 is 29.5 Å². The molecule has 4 rings (SSSR count). The lowest BCUT2D eigenvalue weighted by Crippen LogP contribution is -2.57. The van der Waals surface area contributed by atoms with Crippen molar-refractivity contribution in [2.45, 2.75) is 85.0 Å². The molecular formula is C34H46N8O6. The third-order valence-electron chi connectivity index (χ3n) is 8.42. The van der Waals surface area contributed by atoms with Crippen molar-refractivity contribution in [3.8, 4) is 0 Å². The van der Waals surface area contributed by atoms with Crippen molar-refractivity contribution < 1.29 is 28.5 Å². The molecule has 0 saturated carbocycles. The summed E-state index contributed by atoms with van der Waals surface area (Å²) in [6, 6.07) is 7.77. The predicted octanol–water partition coefficient (Wildman–Crippen LogP) is 1.49. The van der Waals surface area contributed by atoms with Gasteiger partial charge in [0.1, 0.15) is 18.1 Å². The smallest absolute Gasteiger partial charge is 0.274 e. The van der Waals surface area contributed by atoms with Gasteiger partial charge < -0.3 is 30.7 Å². The van der Waals surface area contributed by atoms with Gasteiger partial charge in [0.05, 0.1) is 12.2 Å². The van der Waals surface area contributed by atoms with Crippen LogP contribution in [-0.2, 0) is 45.6 Å². The molecule has 0 unspecified atom stereocenters. The van der Waals surface area contributed by atoms with Crippen LogP contribution >= 0.6 is 0 Å². The number of carbonyl (C=O) groups excluding carboxylic acids is 5. The van der Waals surface area contributed by atoms with Gasteiger partial charge in [-0.1, -0.05) is 49.3 Å². The van der Waals surface area contributed by atoms with E-state index in [1.54, 1.807) is 4.68 Å². The summed E-state index contributed by atoms with van der Waals surface area (Å²) in [5, 5.41) is 19.3. The van der Waals surface area contributed by atoms with E-state index in [9.17, 15) is 24.0 Å². The Hall–Kier alpha value is -5.01. The lowest BCUT2D eigenvalue weighted by molar-refractivity contribution is -0.133.